The van der Waals surface area contributed by atoms with Gasteiger partial charge in [-0.25, -0.2) is 4.39 Å². The fourth-order valence-electron chi connectivity index (χ4n) is 4.91. The minimum absolute atomic E-state index is 0.150. The molecular formula is C23H24FN3O. The third kappa shape index (κ3) is 3.18. The van der Waals surface area contributed by atoms with E-state index >= 15 is 0 Å². The molecule has 2 aromatic rings. The first kappa shape index (κ1) is 18.6. The average Bonchev–Trinajstić information content (AvgIpc) is 2.85. The second-order valence-corrected chi connectivity index (χ2v) is 7.97. The van der Waals surface area contributed by atoms with E-state index in [-0.39, 0.29) is 17.8 Å². The summed E-state index contributed by atoms with van der Waals surface area (Å²) in [5, 5.41) is 31.5. The lowest BCUT2D eigenvalue weighted by Gasteiger charge is -2.41. The number of benzene rings is 2. The van der Waals surface area contributed by atoms with E-state index in [0.717, 1.165) is 41.8 Å². The van der Waals surface area contributed by atoms with Gasteiger partial charge in [-0.3, -0.25) is 0 Å². The Balaban J connectivity index is 1.78. The average molecular weight is 377 g/mol. The van der Waals surface area contributed by atoms with Gasteiger partial charge in [0.15, 0.2) is 0 Å². The molecule has 0 bridgehead atoms. The molecule has 2 aliphatic carbocycles. The van der Waals surface area contributed by atoms with E-state index in [2.05, 4.69) is 11.4 Å². The van der Waals surface area contributed by atoms with Gasteiger partial charge in [0.25, 0.3) is 0 Å². The zero-order chi connectivity index (χ0) is 19.7. The Kier molecular flexibility index (Phi) is 4.91. The van der Waals surface area contributed by atoms with Crippen LogP contribution in [-0.2, 0) is 11.8 Å². The fourth-order valence-corrected chi connectivity index (χ4v) is 4.91. The normalized spacial score (nSPS) is 26.3. The number of nitrogens with zero attached hydrogens (tertiary/aromatic N) is 1. The first-order chi connectivity index (χ1) is 13.6. The lowest BCUT2D eigenvalue weighted by Crippen LogP contribution is -2.41. The van der Waals surface area contributed by atoms with Gasteiger partial charge in [0.05, 0.1) is 17.6 Å². The van der Waals surface area contributed by atoms with E-state index in [1.165, 1.54) is 18.3 Å². The summed E-state index contributed by atoms with van der Waals surface area (Å²) in [5.74, 6) is -0.141. The Morgan fingerprint density at radius 3 is 2.75 bits per heavy atom. The lowest BCUT2D eigenvalue weighted by molar-refractivity contribution is 0.0671. The van der Waals surface area contributed by atoms with Crippen molar-refractivity contribution < 1.29 is 9.50 Å². The molecule has 0 aromatic heterocycles. The van der Waals surface area contributed by atoms with Crippen molar-refractivity contribution in [2.75, 3.05) is 5.32 Å². The van der Waals surface area contributed by atoms with Crippen LogP contribution in [0.4, 0.5) is 15.8 Å². The Morgan fingerprint density at radius 1 is 1.25 bits per heavy atom. The van der Waals surface area contributed by atoms with Crippen molar-refractivity contribution in [3.8, 4) is 6.07 Å². The van der Waals surface area contributed by atoms with Gasteiger partial charge in [-0.1, -0.05) is 0 Å². The van der Waals surface area contributed by atoms with Crippen molar-refractivity contribution in [3.05, 3.63) is 58.9 Å². The molecule has 28 heavy (non-hydrogen) atoms. The Morgan fingerprint density at radius 2 is 2.04 bits per heavy atom. The highest BCUT2D eigenvalue weighted by Gasteiger charge is 2.47. The number of fused-ring (bicyclic) bond motifs is 3. The zero-order valence-corrected chi connectivity index (χ0v) is 15.7. The highest BCUT2D eigenvalue weighted by atomic mass is 19.1. The summed E-state index contributed by atoms with van der Waals surface area (Å²) < 4.78 is 13.2. The highest BCUT2D eigenvalue weighted by molar-refractivity contribution is 5.88. The van der Waals surface area contributed by atoms with Crippen LogP contribution in [0.5, 0.6) is 0 Å². The van der Waals surface area contributed by atoms with Gasteiger partial charge in [-0.05, 0) is 92.0 Å². The van der Waals surface area contributed by atoms with E-state index < -0.39 is 5.41 Å². The summed E-state index contributed by atoms with van der Waals surface area (Å²) in [5.41, 5.74) is 3.83. The van der Waals surface area contributed by atoms with Gasteiger partial charge >= 0.3 is 0 Å². The van der Waals surface area contributed by atoms with E-state index in [1.807, 2.05) is 12.1 Å². The number of halogens is 1. The van der Waals surface area contributed by atoms with Crippen LogP contribution in [0.2, 0.25) is 0 Å². The van der Waals surface area contributed by atoms with Gasteiger partial charge in [0.2, 0.25) is 0 Å². The standard InChI is InChI=1S/C23H24FN3O/c24-18-4-6-19(7-5-18)27-22-11-15-2-1-3-17-12-20(28)8-9-23(17,14-26)21(15)10-16(22)13-25/h4-7,10-11,13,17,20,25,27-28H,1-3,8-9,12H2/t17-,20?,23?/m1/s1. The number of rotatable bonds is 3. The number of nitrogens with one attached hydrogen (secondary N) is 2. The molecule has 0 saturated heterocycles. The molecule has 0 radical (unpaired) electrons. The monoisotopic (exact) mass is 377 g/mol. The number of aliphatic hydroxyl groups excluding tert-OH is 1. The summed E-state index contributed by atoms with van der Waals surface area (Å²) >= 11 is 0. The molecule has 0 spiro atoms. The molecule has 0 heterocycles. The molecule has 2 unspecified atom stereocenters. The number of aliphatic hydroxyl groups is 1. The zero-order valence-electron chi connectivity index (χ0n) is 15.7. The van der Waals surface area contributed by atoms with Crippen molar-refractivity contribution in [2.45, 2.75) is 50.0 Å². The van der Waals surface area contributed by atoms with Crippen LogP contribution >= 0.6 is 0 Å². The SMILES string of the molecule is N#CC12CCC(O)C[C@H]1CCCc1cc(Nc3ccc(F)cc3)c(C=N)cc12. The maximum atomic E-state index is 13.2. The summed E-state index contributed by atoms with van der Waals surface area (Å²) in [6.45, 7) is 0. The van der Waals surface area contributed by atoms with Gasteiger partial charge in [0.1, 0.15) is 5.82 Å². The molecule has 144 valence electrons. The van der Waals surface area contributed by atoms with Crippen LogP contribution in [0.25, 0.3) is 0 Å². The molecule has 3 N–H and O–H groups in total. The number of aryl methyl sites for hydroxylation is 1. The summed E-state index contributed by atoms with van der Waals surface area (Å²) in [4.78, 5) is 0. The Labute approximate surface area is 164 Å². The second-order valence-electron chi connectivity index (χ2n) is 7.97. The first-order valence-electron chi connectivity index (χ1n) is 9.85. The molecule has 3 atom stereocenters. The van der Waals surface area contributed by atoms with E-state index in [1.54, 1.807) is 12.1 Å². The predicted octanol–water partition coefficient (Wildman–Crippen LogP) is 4.83. The quantitative estimate of drug-likeness (QED) is 0.671. The van der Waals surface area contributed by atoms with Crippen LogP contribution in [0.15, 0.2) is 36.4 Å². The molecule has 0 amide bonds. The van der Waals surface area contributed by atoms with Gasteiger partial charge in [0, 0.05) is 23.2 Å². The maximum Gasteiger partial charge on any atom is 0.123 e. The summed E-state index contributed by atoms with van der Waals surface area (Å²) in [6, 6.07) is 12.8. The number of nitriles is 1. The minimum atomic E-state index is -0.586. The molecular weight excluding hydrogens is 353 g/mol. The smallest absolute Gasteiger partial charge is 0.123 e. The van der Waals surface area contributed by atoms with Gasteiger partial charge < -0.3 is 15.8 Å². The molecule has 1 fully saturated rings. The first-order valence-corrected chi connectivity index (χ1v) is 9.85. The number of hydrogen-bond donors (Lipinski definition) is 3. The summed E-state index contributed by atoms with van der Waals surface area (Å²) in [7, 11) is 0. The van der Waals surface area contributed by atoms with Crippen LogP contribution in [-0.4, -0.2) is 17.4 Å². The number of hydrogen-bond acceptors (Lipinski definition) is 4. The van der Waals surface area contributed by atoms with Crippen LogP contribution < -0.4 is 5.32 Å². The molecule has 5 heteroatoms. The Hall–Kier alpha value is -2.71. The second kappa shape index (κ2) is 7.37. The van der Waals surface area contributed by atoms with Crippen molar-refractivity contribution in [1.82, 2.24) is 0 Å². The maximum absolute atomic E-state index is 13.2. The molecule has 2 aliphatic rings. The van der Waals surface area contributed by atoms with Gasteiger partial charge in [-0.15, -0.1) is 0 Å². The molecule has 0 aliphatic heterocycles. The Bertz CT molecular complexity index is 934. The minimum Gasteiger partial charge on any atom is -0.393 e. The largest absolute Gasteiger partial charge is 0.393 e. The fraction of sp³-hybridized carbons (Fsp3) is 0.391. The van der Waals surface area contributed by atoms with Gasteiger partial charge in [-0.2, -0.15) is 5.26 Å². The highest BCUT2D eigenvalue weighted by Crippen LogP contribution is 2.49. The predicted molar refractivity (Wildman–Crippen MR) is 108 cm³/mol. The number of anilines is 2. The van der Waals surface area contributed by atoms with Crippen molar-refractivity contribution in [1.29, 1.82) is 10.7 Å². The van der Waals surface area contributed by atoms with E-state index in [0.29, 0.717) is 24.8 Å². The molecule has 2 aromatic carbocycles. The third-order valence-electron chi connectivity index (χ3n) is 6.36. The lowest BCUT2D eigenvalue weighted by atomic mass is 9.61. The van der Waals surface area contributed by atoms with Crippen molar-refractivity contribution in [3.63, 3.8) is 0 Å². The third-order valence-corrected chi connectivity index (χ3v) is 6.36. The van der Waals surface area contributed by atoms with Crippen molar-refractivity contribution in [2.24, 2.45) is 5.92 Å². The summed E-state index contributed by atoms with van der Waals surface area (Å²) in [6.07, 6.45) is 5.73. The van der Waals surface area contributed by atoms with Crippen molar-refractivity contribution >= 4 is 17.6 Å². The molecule has 1 saturated carbocycles. The van der Waals surface area contributed by atoms with Crippen LogP contribution in [0.1, 0.15) is 48.8 Å². The molecule has 4 nitrogen and oxygen atoms in total. The topological polar surface area (TPSA) is 79.9 Å². The van der Waals surface area contributed by atoms with E-state index in [4.69, 9.17) is 5.41 Å². The van der Waals surface area contributed by atoms with Crippen LogP contribution in [0.3, 0.4) is 0 Å². The van der Waals surface area contributed by atoms with Crippen LogP contribution in [0, 0.1) is 28.5 Å². The molecule has 4 rings (SSSR count). The van der Waals surface area contributed by atoms with E-state index in [9.17, 15) is 14.8 Å².